The lowest BCUT2D eigenvalue weighted by Crippen LogP contribution is -2.31. The van der Waals surface area contributed by atoms with Gasteiger partial charge in [0.2, 0.25) is 23.7 Å². The molecule has 2 heterocycles. The van der Waals surface area contributed by atoms with Gasteiger partial charge in [-0.1, -0.05) is 46.2 Å². The van der Waals surface area contributed by atoms with Crippen molar-refractivity contribution in [3.05, 3.63) is 95.6 Å². The monoisotopic (exact) mass is 858 g/mol. The van der Waals surface area contributed by atoms with E-state index in [0.29, 0.717) is 28.5 Å². The molecule has 2 amide bonds. The van der Waals surface area contributed by atoms with E-state index in [9.17, 15) is 44.7 Å². The molecule has 1 saturated carbocycles. The quantitative estimate of drug-likeness (QED) is 0.140. The van der Waals surface area contributed by atoms with Crippen LogP contribution in [-0.2, 0) is 9.59 Å². The Morgan fingerprint density at radius 3 is 1.46 bits per heavy atom. The molecule has 0 spiro atoms. The summed E-state index contributed by atoms with van der Waals surface area (Å²) in [6.07, 6.45) is -6.41. The average Bonchev–Trinajstić information content (AvgIpc) is 3.64. The van der Waals surface area contributed by atoms with Crippen molar-refractivity contribution in [1.29, 1.82) is 0 Å². The van der Waals surface area contributed by atoms with E-state index >= 15 is 0 Å². The lowest BCUT2D eigenvalue weighted by Gasteiger charge is -2.37. The Kier molecular flexibility index (Phi) is 12.1. The summed E-state index contributed by atoms with van der Waals surface area (Å²) < 4.78 is 114. The zero-order valence-electron chi connectivity index (χ0n) is 33.9. The molecular weight excluding hydrogens is 816 g/mol. The van der Waals surface area contributed by atoms with E-state index in [1.54, 1.807) is 18.2 Å². The Bertz CT molecular complexity index is 2600. The van der Waals surface area contributed by atoms with Crippen LogP contribution in [0.5, 0.6) is 11.5 Å². The maximum absolute atomic E-state index is 14.4. The summed E-state index contributed by atoms with van der Waals surface area (Å²) >= 11 is 0. The molecule has 0 radical (unpaired) electrons. The fourth-order valence-electron chi connectivity index (χ4n) is 6.90. The third kappa shape index (κ3) is 11.1. The molecule has 4 aromatic carbocycles. The normalized spacial score (nSPS) is 13.9. The van der Waals surface area contributed by atoms with Gasteiger partial charge in [0.25, 0.3) is 0 Å². The first-order valence-electron chi connectivity index (χ1n) is 19.0. The van der Waals surface area contributed by atoms with Crippen LogP contribution >= 0.6 is 0 Å². The predicted molar refractivity (Wildman–Crippen MR) is 213 cm³/mol. The van der Waals surface area contributed by atoms with E-state index in [1.807, 2.05) is 52.8 Å². The van der Waals surface area contributed by atoms with Crippen LogP contribution in [0.25, 0.3) is 33.4 Å². The van der Waals surface area contributed by atoms with E-state index in [0.717, 1.165) is 54.7 Å². The van der Waals surface area contributed by atoms with Crippen molar-refractivity contribution in [1.82, 2.24) is 19.1 Å². The Balaban J connectivity index is 0.000000204. The Labute approximate surface area is 344 Å². The van der Waals surface area contributed by atoms with Gasteiger partial charge in [0.05, 0.1) is 33.4 Å². The molecule has 0 aliphatic heterocycles. The van der Waals surface area contributed by atoms with Crippen LogP contribution < -0.4 is 20.1 Å². The highest BCUT2D eigenvalue weighted by molar-refractivity contribution is 5.94. The minimum absolute atomic E-state index is 0.0415. The second-order valence-electron chi connectivity index (χ2n) is 16.5. The number of aryl methyl sites for hydroxylation is 2. The number of imidazole rings is 2. The number of fused-ring (bicyclic) bond motifs is 2. The highest BCUT2D eigenvalue weighted by Crippen LogP contribution is 2.43. The van der Waals surface area contributed by atoms with Gasteiger partial charge in [-0.15, -0.1) is 26.3 Å². The highest BCUT2D eigenvalue weighted by atomic mass is 19.4. The van der Waals surface area contributed by atoms with E-state index in [4.69, 9.17) is 0 Å². The minimum Gasteiger partial charge on any atom is -0.403 e. The number of amides is 2. The number of carbonyl (C=O) groups is 2. The number of nitrogens with one attached hydrogen (secondary N) is 2. The lowest BCUT2D eigenvalue weighted by molar-refractivity contribution is -0.276. The molecule has 10 nitrogen and oxygen atoms in total. The van der Waals surface area contributed by atoms with Crippen molar-refractivity contribution in [3.63, 3.8) is 0 Å². The van der Waals surface area contributed by atoms with Gasteiger partial charge < -0.3 is 9.47 Å². The molecule has 1 aliphatic carbocycles. The van der Waals surface area contributed by atoms with E-state index in [1.165, 1.54) is 21.3 Å². The highest BCUT2D eigenvalue weighted by Gasteiger charge is 2.35. The molecular formula is C43H42F8N6O4. The van der Waals surface area contributed by atoms with Crippen molar-refractivity contribution in [2.75, 3.05) is 10.6 Å². The SMILES string of the molecule is Cc1ccc2nc(NC(=O)CC(C)(C)C)n(-c3ccc(OC(F)(F)F)c(F)c3)c2c1.Cc1ccc2nc(NC(=O)CC3(C)CCC3)n(-c3ccc(OC(F)(F)F)c(F)c3)c2c1. The molecule has 0 bridgehead atoms. The van der Waals surface area contributed by atoms with Crippen LogP contribution in [0.1, 0.15) is 70.9 Å². The molecule has 0 unspecified atom stereocenters. The Morgan fingerprint density at radius 1 is 0.672 bits per heavy atom. The van der Waals surface area contributed by atoms with E-state index < -0.39 is 35.9 Å². The number of ether oxygens (including phenoxy) is 2. The summed E-state index contributed by atoms with van der Waals surface area (Å²) in [5, 5.41) is 5.52. The average molecular weight is 859 g/mol. The van der Waals surface area contributed by atoms with Gasteiger partial charge >= 0.3 is 12.7 Å². The molecule has 0 atom stereocenters. The Morgan fingerprint density at radius 2 is 1.10 bits per heavy atom. The fourth-order valence-corrected chi connectivity index (χ4v) is 6.90. The van der Waals surface area contributed by atoms with Gasteiger partial charge in [0.15, 0.2) is 23.1 Å². The third-order valence-corrected chi connectivity index (χ3v) is 9.76. The number of halogens is 8. The second-order valence-corrected chi connectivity index (χ2v) is 16.5. The van der Waals surface area contributed by atoms with Crippen LogP contribution in [0.3, 0.4) is 0 Å². The molecule has 0 saturated heterocycles. The molecule has 18 heteroatoms. The summed E-state index contributed by atoms with van der Waals surface area (Å²) in [5.41, 5.74) is 4.18. The zero-order chi connectivity index (χ0) is 44.7. The molecule has 1 fully saturated rings. The van der Waals surface area contributed by atoms with E-state index in [-0.39, 0.29) is 52.3 Å². The predicted octanol–water partition coefficient (Wildman–Crippen LogP) is 11.6. The van der Waals surface area contributed by atoms with Crippen LogP contribution in [0.15, 0.2) is 72.8 Å². The summed E-state index contributed by atoms with van der Waals surface area (Å²) in [6, 6.07) is 17.0. The van der Waals surface area contributed by atoms with Crippen LogP contribution in [-0.4, -0.2) is 43.6 Å². The van der Waals surface area contributed by atoms with Gasteiger partial charge in [0.1, 0.15) is 0 Å². The molecule has 2 aromatic heterocycles. The molecule has 1 aliphatic rings. The Hall–Kier alpha value is -6.20. The lowest BCUT2D eigenvalue weighted by atomic mass is 9.68. The first-order chi connectivity index (χ1) is 28.3. The van der Waals surface area contributed by atoms with Crippen molar-refractivity contribution < 1.29 is 54.2 Å². The summed E-state index contributed by atoms with van der Waals surface area (Å²) in [6.45, 7) is 11.5. The molecule has 61 heavy (non-hydrogen) atoms. The number of nitrogens with zero attached hydrogens (tertiary/aromatic N) is 4. The standard InChI is InChI=1S/C22H21F4N3O2.C21H21F4N3O2/c1-13-4-6-16-17(10-13)29(14-5-7-18(15(23)11-14)31-22(24,25)26)20(27-16)28-19(30)12-21(2)8-3-9-21;1-12-5-7-15-16(9-12)28(19(26-15)27-18(29)11-20(2,3)4)13-6-8-17(14(22)10-13)30-21(23,24)25/h4-7,10-11H,3,8-9,12H2,1-2H3,(H,27,28,30);5-10H,11H2,1-4H3,(H,26,27,29). The first-order valence-corrected chi connectivity index (χ1v) is 19.0. The number of anilines is 2. The maximum Gasteiger partial charge on any atom is 0.573 e. The molecule has 6 aromatic rings. The molecule has 2 N–H and O–H groups in total. The van der Waals surface area contributed by atoms with E-state index in [2.05, 4.69) is 37.0 Å². The summed E-state index contributed by atoms with van der Waals surface area (Å²) in [5.74, 6) is -4.41. The van der Waals surface area contributed by atoms with Crippen molar-refractivity contribution in [2.45, 2.75) is 86.4 Å². The fraction of sp³-hybridized carbons (Fsp3) is 0.349. The van der Waals surface area contributed by atoms with Gasteiger partial charge in [-0.25, -0.2) is 18.7 Å². The number of alkyl halides is 6. The minimum atomic E-state index is -5.01. The first kappa shape index (κ1) is 44.4. The van der Waals surface area contributed by atoms with Crippen molar-refractivity contribution in [2.24, 2.45) is 10.8 Å². The van der Waals surface area contributed by atoms with Gasteiger partial charge in [-0.2, -0.15) is 0 Å². The number of aromatic nitrogens is 4. The van der Waals surface area contributed by atoms with Crippen LogP contribution in [0.2, 0.25) is 0 Å². The number of hydrogen-bond acceptors (Lipinski definition) is 6. The largest absolute Gasteiger partial charge is 0.573 e. The van der Waals surface area contributed by atoms with Crippen molar-refractivity contribution >= 4 is 45.8 Å². The molecule has 324 valence electrons. The number of hydrogen-bond donors (Lipinski definition) is 2. The van der Waals surface area contributed by atoms with Crippen LogP contribution in [0, 0.1) is 36.3 Å². The topological polar surface area (TPSA) is 112 Å². The molecule has 7 rings (SSSR count). The van der Waals surface area contributed by atoms with Gasteiger partial charge in [-0.3, -0.25) is 29.4 Å². The number of carbonyl (C=O) groups excluding carboxylic acids is 2. The third-order valence-electron chi connectivity index (χ3n) is 9.76. The van der Waals surface area contributed by atoms with Gasteiger partial charge in [0, 0.05) is 25.0 Å². The number of benzene rings is 4. The smallest absolute Gasteiger partial charge is 0.403 e. The van der Waals surface area contributed by atoms with Gasteiger partial charge in [-0.05, 0) is 97.2 Å². The second kappa shape index (κ2) is 16.7. The zero-order valence-corrected chi connectivity index (χ0v) is 33.9. The van der Waals surface area contributed by atoms with Crippen LogP contribution in [0.4, 0.5) is 47.0 Å². The number of rotatable bonds is 9. The summed E-state index contributed by atoms with van der Waals surface area (Å²) in [7, 11) is 0. The summed E-state index contributed by atoms with van der Waals surface area (Å²) in [4.78, 5) is 34.0. The van der Waals surface area contributed by atoms with Crippen molar-refractivity contribution in [3.8, 4) is 22.9 Å². The maximum atomic E-state index is 14.4.